The van der Waals surface area contributed by atoms with Crippen LogP contribution in [0.3, 0.4) is 0 Å². The second kappa shape index (κ2) is 8.78. The van der Waals surface area contributed by atoms with Crippen molar-refractivity contribution in [1.29, 1.82) is 0 Å². The first-order chi connectivity index (χ1) is 17.1. The van der Waals surface area contributed by atoms with Crippen LogP contribution in [0, 0.1) is 0 Å². The highest BCUT2D eigenvalue weighted by Crippen LogP contribution is 2.35. The molecule has 2 aliphatic heterocycles. The van der Waals surface area contributed by atoms with Gasteiger partial charge in [0, 0.05) is 56.2 Å². The Balaban J connectivity index is 1.10. The maximum absolute atomic E-state index is 13.1. The van der Waals surface area contributed by atoms with Crippen molar-refractivity contribution >= 4 is 27.8 Å². The summed E-state index contributed by atoms with van der Waals surface area (Å²) in [5.41, 5.74) is 6.42. The Hall–Kier alpha value is -3.77. The number of nitrogens with zero attached hydrogens (tertiary/aromatic N) is 4. The summed E-state index contributed by atoms with van der Waals surface area (Å²) in [4.78, 5) is 18.1. The lowest BCUT2D eigenvalue weighted by atomic mass is 10.0. The minimum Gasteiger partial charge on any atom is -0.457 e. The monoisotopic (exact) mass is 466 g/mol. The Bertz CT molecular complexity index is 1520. The van der Waals surface area contributed by atoms with E-state index >= 15 is 0 Å². The maximum atomic E-state index is 13.1. The molecule has 2 aromatic heterocycles. The van der Waals surface area contributed by atoms with Crippen molar-refractivity contribution in [1.82, 2.24) is 13.9 Å². The molecule has 1 fully saturated rings. The Labute approximate surface area is 205 Å². The average molecular weight is 467 g/mol. The molecule has 2 aromatic carbocycles. The zero-order valence-electron chi connectivity index (χ0n) is 20.1. The highest BCUT2D eigenvalue weighted by Gasteiger charge is 2.20. The topological polar surface area (TPSA) is 42.1 Å². The van der Waals surface area contributed by atoms with E-state index < -0.39 is 0 Å². The molecule has 0 unspecified atom stereocenters. The van der Waals surface area contributed by atoms with E-state index in [-0.39, 0.29) is 5.56 Å². The summed E-state index contributed by atoms with van der Waals surface area (Å²) in [6.45, 7) is 11.7. The third kappa shape index (κ3) is 3.94. The molecule has 178 valence electrons. The van der Waals surface area contributed by atoms with Gasteiger partial charge in [-0.15, -0.1) is 0 Å². The number of rotatable bonds is 5. The molecule has 0 N–H and O–H groups in total. The van der Waals surface area contributed by atoms with Gasteiger partial charge in [0.2, 0.25) is 0 Å². The predicted molar refractivity (Wildman–Crippen MR) is 142 cm³/mol. The number of para-hydroxylation sites is 2. The van der Waals surface area contributed by atoms with Crippen LogP contribution in [0.2, 0.25) is 0 Å². The summed E-state index contributed by atoms with van der Waals surface area (Å²) >= 11 is 0. The van der Waals surface area contributed by atoms with Crippen LogP contribution in [-0.4, -0.2) is 46.6 Å². The number of hydrogen-bond acceptors (Lipinski definition) is 4. The van der Waals surface area contributed by atoms with E-state index in [1.807, 2.05) is 51.6 Å². The second-order valence-corrected chi connectivity index (χ2v) is 9.47. The lowest BCUT2D eigenvalue weighted by molar-refractivity contribution is 0.250. The number of aryl methyl sites for hydroxylation is 1. The number of anilines is 1. The number of benzene rings is 2. The molecule has 6 nitrogen and oxygen atoms in total. The summed E-state index contributed by atoms with van der Waals surface area (Å²) in [6, 6.07) is 18.5. The first kappa shape index (κ1) is 21.7. The van der Waals surface area contributed by atoms with Gasteiger partial charge in [0.25, 0.3) is 5.56 Å². The molecule has 0 radical (unpaired) electrons. The molecule has 2 aliphatic rings. The fourth-order valence-corrected chi connectivity index (χ4v) is 5.42. The summed E-state index contributed by atoms with van der Waals surface area (Å²) in [5, 5.41) is 0. The quantitative estimate of drug-likeness (QED) is 0.425. The van der Waals surface area contributed by atoms with Crippen LogP contribution >= 0.6 is 0 Å². The number of aromatic nitrogens is 2. The normalized spacial score (nSPS) is 16.4. The van der Waals surface area contributed by atoms with E-state index in [0.29, 0.717) is 5.76 Å². The standard InChI is InChI=1S/C29H30N4O2/c1-21-19-22(2)35-28-20-23(10-11-24(21)28)31-17-15-30(16-18-31)12-6-14-33-26-8-4-3-7-25(26)32-13-5-9-27(32)29(33)34/h3-5,7-11,13,19-20H,2,6,12,14-18H2,1H3. The van der Waals surface area contributed by atoms with Crippen molar-refractivity contribution in [2.24, 2.45) is 0 Å². The number of ether oxygens (including phenoxy) is 1. The van der Waals surface area contributed by atoms with Crippen LogP contribution in [0.15, 0.2) is 84.0 Å². The largest absolute Gasteiger partial charge is 0.457 e. The smallest absolute Gasteiger partial charge is 0.275 e. The van der Waals surface area contributed by atoms with Gasteiger partial charge in [-0.05, 0) is 67.9 Å². The summed E-state index contributed by atoms with van der Waals surface area (Å²) in [5.74, 6) is 1.59. The Morgan fingerprint density at radius 3 is 2.51 bits per heavy atom. The molecule has 6 heteroatoms. The van der Waals surface area contributed by atoms with E-state index in [9.17, 15) is 4.79 Å². The van der Waals surface area contributed by atoms with E-state index in [4.69, 9.17) is 4.74 Å². The minimum atomic E-state index is 0.0842. The molecule has 0 spiro atoms. The molecule has 4 aromatic rings. The van der Waals surface area contributed by atoms with E-state index in [1.165, 1.54) is 11.3 Å². The summed E-state index contributed by atoms with van der Waals surface area (Å²) in [7, 11) is 0. The molecular weight excluding hydrogens is 436 g/mol. The van der Waals surface area contributed by atoms with E-state index in [0.717, 1.165) is 73.6 Å². The molecule has 4 heterocycles. The summed E-state index contributed by atoms with van der Waals surface area (Å²) in [6.07, 6.45) is 4.89. The molecule has 0 amide bonds. The Kier molecular flexibility index (Phi) is 5.46. The first-order valence-corrected chi connectivity index (χ1v) is 12.3. The van der Waals surface area contributed by atoms with Crippen molar-refractivity contribution in [3.63, 3.8) is 0 Å². The van der Waals surface area contributed by atoms with Gasteiger partial charge < -0.3 is 18.6 Å². The fourth-order valence-electron chi connectivity index (χ4n) is 5.42. The van der Waals surface area contributed by atoms with Gasteiger partial charge in [-0.2, -0.15) is 0 Å². The summed E-state index contributed by atoms with van der Waals surface area (Å²) < 4.78 is 9.81. The number of hydrogen-bond donors (Lipinski definition) is 0. The van der Waals surface area contributed by atoms with Crippen molar-refractivity contribution in [3.05, 3.63) is 95.1 Å². The van der Waals surface area contributed by atoms with Gasteiger partial charge in [-0.1, -0.05) is 18.7 Å². The highest BCUT2D eigenvalue weighted by molar-refractivity contribution is 5.79. The van der Waals surface area contributed by atoms with Gasteiger partial charge in [0.15, 0.2) is 0 Å². The number of allylic oxidation sites excluding steroid dienone is 2. The second-order valence-electron chi connectivity index (χ2n) is 9.47. The third-order valence-corrected chi connectivity index (χ3v) is 7.25. The van der Waals surface area contributed by atoms with Crippen molar-refractivity contribution in [2.45, 2.75) is 19.9 Å². The lowest BCUT2D eigenvalue weighted by Crippen LogP contribution is -2.46. The lowest BCUT2D eigenvalue weighted by Gasteiger charge is -2.36. The van der Waals surface area contributed by atoms with Gasteiger partial charge in [-0.3, -0.25) is 9.69 Å². The molecule has 0 bridgehead atoms. The van der Waals surface area contributed by atoms with Gasteiger partial charge in [0.05, 0.1) is 11.0 Å². The van der Waals surface area contributed by atoms with Crippen LogP contribution in [0.5, 0.6) is 5.75 Å². The predicted octanol–water partition coefficient (Wildman–Crippen LogP) is 4.78. The van der Waals surface area contributed by atoms with Gasteiger partial charge in [-0.25, -0.2) is 0 Å². The Morgan fingerprint density at radius 1 is 0.914 bits per heavy atom. The van der Waals surface area contributed by atoms with Crippen LogP contribution in [0.1, 0.15) is 18.9 Å². The van der Waals surface area contributed by atoms with Crippen LogP contribution in [0.4, 0.5) is 5.69 Å². The van der Waals surface area contributed by atoms with E-state index in [1.54, 1.807) is 0 Å². The molecule has 35 heavy (non-hydrogen) atoms. The average Bonchev–Trinajstić information content (AvgIpc) is 3.37. The van der Waals surface area contributed by atoms with Gasteiger partial charge >= 0.3 is 0 Å². The zero-order valence-corrected chi connectivity index (χ0v) is 20.1. The maximum Gasteiger partial charge on any atom is 0.275 e. The fraction of sp³-hybridized carbons (Fsp3) is 0.276. The first-order valence-electron chi connectivity index (χ1n) is 12.3. The van der Waals surface area contributed by atoms with Crippen molar-refractivity contribution < 1.29 is 4.74 Å². The van der Waals surface area contributed by atoms with E-state index in [2.05, 4.69) is 47.6 Å². The van der Waals surface area contributed by atoms with Crippen LogP contribution in [0.25, 0.3) is 22.1 Å². The van der Waals surface area contributed by atoms with Gasteiger partial charge in [0.1, 0.15) is 17.0 Å². The van der Waals surface area contributed by atoms with Crippen LogP contribution in [-0.2, 0) is 6.54 Å². The van der Waals surface area contributed by atoms with Crippen molar-refractivity contribution in [2.75, 3.05) is 37.6 Å². The number of fused-ring (bicyclic) bond motifs is 4. The van der Waals surface area contributed by atoms with Crippen molar-refractivity contribution in [3.8, 4) is 5.75 Å². The molecule has 0 saturated carbocycles. The third-order valence-electron chi connectivity index (χ3n) is 7.25. The number of piperazine rings is 1. The molecule has 0 aliphatic carbocycles. The SMILES string of the molecule is C=C1C=C(C)c2ccc(N3CCN(CCCn4c(=O)c5cccn5c5ccccc54)CC3)cc2O1. The Morgan fingerprint density at radius 2 is 1.69 bits per heavy atom. The minimum absolute atomic E-state index is 0.0842. The zero-order chi connectivity index (χ0) is 23.9. The molecule has 1 saturated heterocycles. The van der Waals surface area contributed by atoms with Crippen LogP contribution < -0.4 is 15.2 Å². The molecule has 0 atom stereocenters. The molecular formula is C29H30N4O2. The highest BCUT2D eigenvalue weighted by atomic mass is 16.5. The molecule has 6 rings (SSSR count).